The molecule has 1 saturated carbocycles. The van der Waals surface area contributed by atoms with Crippen molar-refractivity contribution in [3.8, 4) is 0 Å². The van der Waals surface area contributed by atoms with Crippen LogP contribution in [-0.4, -0.2) is 20.8 Å². The predicted octanol–water partition coefficient (Wildman–Crippen LogP) is 2.51. The lowest BCUT2D eigenvalue weighted by Gasteiger charge is -2.32. The zero-order chi connectivity index (χ0) is 13.6. The molecule has 0 saturated heterocycles. The Hall–Kier alpha value is -1.55. The molecule has 0 unspecified atom stereocenters. The number of nitrogen functional groups attached to an aromatic ring is 1. The zero-order valence-electron chi connectivity index (χ0n) is 11.5. The van der Waals surface area contributed by atoms with E-state index < -0.39 is 0 Å². The minimum Gasteiger partial charge on any atom is -0.399 e. The summed E-state index contributed by atoms with van der Waals surface area (Å²) >= 11 is 0. The second-order valence-electron chi connectivity index (χ2n) is 5.97. The highest BCUT2D eigenvalue weighted by Gasteiger charge is 2.28. The molecule has 0 bridgehead atoms. The number of nitrogens with zero attached hydrogens (tertiary/aromatic N) is 2. The van der Waals surface area contributed by atoms with E-state index in [9.17, 15) is 5.11 Å². The van der Waals surface area contributed by atoms with Gasteiger partial charge in [-0.25, -0.2) is 4.98 Å². The maximum absolute atomic E-state index is 9.43. The molecule has 19 heavy (non-hydrogen) atoms. The van der Waals surface area contributed by atoms with E-state index in [0.29, 0.717) is 11.8 Å². The van der Waals surface area contributed by atoms with Crippen molar-refractivity contribution >= 4 is 16.7 Å². The molecule has 3 rings (SSSR count). The molecular formula is C15H21N3O. The second kappa shape index (κ2) is 4.53. The summed E-state index contributed by atoms with van der Waals surface area (Å²) < 4.78 is 2.30. The molecule has 3 N–H and O–H groups in total. The Balaban J connectivity index is 2.01. The minimum absolute atomic E-state index is 0.0991. The van der Waals surface area contributed by atoms with Crippen molar-refractivity contribution < 1.29 is 5.11 Å². The number of rotatable bonds is 3. The summed E-state index contributed by atoms with van der Waals surface area (Å²) in [5.74, 6) is 2.07. The Labute approximate surface area is 113 Å². The van der Waals surface area contributed by atoms with Crippen LogP contribution in [0.3, 0.4) is 0 Å². The topological polar surface area (TPSA) is 64.1 Å². The molecule has 0 spiro atoms. The SMILES string of the molecule is CC(C)c1nc2cc(N)ccc2n1CC1CC(O)C1. The lowest BCUT2D eigenvalue weighted by Crippen LogP contribution is -2.31. The lowest BCUT2D eigenvalue weighted by atomic mass is 9.82. The molecule has 1 heterocycles. The summed E-state index contributed by atoms with van der Waals surface area (Å²) in [6.45, 7) is 5.28. The zero-order valence-corrected chi connectivity index (χ0v) is 11.5. The Morgan fingerprint density at radius 3 is 2.79 bits per heavy atom. The van der Waals surface area contributed by atoms with Crippen molar-refractivity contribution in [2.24, 2.45) is 5.92 Å². The van der Waals surface area contributed by atoms with Crippen molar-refractivity contribution in [1.29, 1.82) is 0 Å². The summed E-state index contributed by atoms with van der Waals surface area (Å²) in [4.78, 5) is 4.72. The average molecular weight is 259 g/mol. The van der Waals surface area contributed by atoms with Gasteiger partial charge in [0.15, 0.2) is 0 Å². The maximum atomic E-state index is 9.43. The fourth-order valence-electron chi connectivity index (χ4n) is 2.91. The number of hydrogen-bond donors (Lipinski definition) is 2. The van der Waals surface area contributed by atoms with Crippen molar-refractivity contribution in [2.75, 3.05) is 5.73 Å². The van der Waals surface area contributed by atoms with Gasteiger partial charge >= 0.3 is 0 Å². The number of nitrogens with two attached hydrogens (primary N) is 1. The van der Waals surface area contributed by atoms with Crippen LogP contribution in [0.1, 0.15) is 38.4 Å². The van der Waals surface area contributed by atoms with Gasteiger partial charge in [-0.1, -0.05) is 13.8 Å². The summed E-state index contributed by atoms with van der Waals surface area (Å²) in [7, 11) is 0. The highest BCUT2D eigenvalue weighted by atomic mass is 16.3. The van der Waals surface area contributed by atoms with Crippen LogP contribution >= 0.6 is 0 Å². The van der Waals surface area contributed by atoms with E-state index in [2.05, 4.69) is 24.5 Å². The molecule has 0 aliphatic heterocycles. The average Bonchev–Trinajstić information content (AvgIpc) is 2.65. The van der Waals surface area contributed by atoms with E-state index in [0.717, 1.165) is 41.9 Å². The van der Waals surface area contributed by atoms with Crippen LogP contribution in [0.4, 0.5) is 5.69 Å². The van der Waals surface area contributed by atoms with Gasteiger partial charge in [0, 0.05) is 18.2 Å². The number of hydrogen-bond acceptors (Lipinski definition) is 3. The van der Waals surface area contributed by atoms with Gasteiger partial charge in [0.25, 0.3) is 0 Å². The first-order valence-electron chi connectivity index (χ1n) is 6.98. The van der Waals surface area contributed by atoms with Crippen LogP contribution in [-0.2, 0) is 6.54 Å². The summed E-state index contributed by atoms with van der Waals surface area (Å²) in [6.07, 6.45) is 1.72. The number of fused-ring (bicyclic) bond motifs is 1. The standard InChI is InChI=1S/C15H21N3O/c1-9(2)15-17-13-7-11(16)3-4-14(13)18(15)8-10-5-12(19)6-10/h3-4,7,9-10,12,19H,5-6,8,16H2,1-2H3. The quantitative estimate of drug-likeness (QED) is 0.832. The van der Waals surface area contributed by atoms with Crippen LogP contribution in [0.2, 0.25) is 0 Å². The van der Waals surface area contributed by atoms with Gasteiger partial charge in [-0.3, -0.25) is 0 Å². The van der Waals surface area contributed by atoms with Gasteiger partial charge in [0.1, 0.15) is 5.82 Å². The van der Waals surface area contributed by atoms with Crippen molar-refractivity contribution in [3.63, 3.8) is 0 Å². The van der Waals surface area contributed by atoms with E-state index in [1.807, 2.05) is 12.1 Å². The second-order valence-corrected chi connectivity index (χ2v) is 5.97. The number of anilines is 1. The van der Waals surface area contributed by atoms with Crippen molar-refractivity contribution in [3.05, 3.63) is 24.0 Å². The molecule has 102 valence electrons. The maximum Gasteiger partial charge on any atom is 0.112 e. The summed E-state index contributed by atoms with van der Waals surface area (Å²) in [6, 6.07) is 5.92. The monoisotopic (exact) mass is 259 g/mol. The predicted molar refractivity (Wildman–Crippen MR) is 77.0 cm³/mol. The van der Waals surface area contributed by atoms with E-state index >= 15 is 0 Å². The number of imidazole rings is 1. The molecule has 1 aliphatic rings. The molecule has 4 nitrogen and oxygen atoms in total. The third-order valence-electron chi connectivity index (χ3n) is 3.97. The first kappa shape index (κ1) is 12.5. The lowest BCUT2D eigenvalue weighted by molar-refractivity contribution is 0.0353. The highest BCUT2D eigenvalue weighted by Crippen LogP contribution is 2.32. The first-order valence-corrected chi connectivity index (χ1v) is 6.98. The van der Waals surface area contributed by atoms with Crippen LogP contribution < -0.4 is 5.73 Å². The molecule has 0 atom stereocenters. The summed E-state index contributed by atoms with van der Waals surface area (Å²) in [5, 5.41) is 9.43. The smallest absolute Gasteiger partial charge is 0.112 e. The largest absolute Gasteiger partial charge is 0.399 e. The van der Waals surface area contributed by atoms with Crippen LogP contribution in [0.25, 0.3) is 11.0 Å². The normalized spacial score (nSPS) is 22.9. The molecule has 1 aromatic heterocycles. The molecule has 0 radical (unpaired) electrons. The van der Waals surface area contributed by atoms with Gasteiger partial charge in [0.05, 0.1) is 17.1 Å². The van der Waals surface area contributed by atoms with Crippen LogP contribution in [0.5, 0.6) is 0 Å². The Kier molecular flexibility index (Phi) is 2.97. The van der Waals surface area contributed by atoms with Crippen molar-refractivity contribution in [2.45, 2.75) is 45.3 Å². The van der Waals surface area contributed by atoms with Gasteiger partial charge in [0.2, 0.25) is 0 Å². The third-order valence-corrected chi connectivity index (χ3v) is 3.97. The van der Waals surface area contributed by atoms with E-state index in [4.69, 9.17) is 10.7 Å². The van der Waals surface area contributed by atoms with Gasteiger partial charge in [-0.15, -0.1) is 0 Å². The third kappa shape index (κ3) is 2.21. The molecule has 1 fully saturated rings. The molecular weight excluding hydrogens is 238 g/mol. The molecule has 4 heteroatoms. The number of benzene rings is 1. The van der Waals surface area contributed by atoms with E-state index in [1.165, 1.54) is 0 Å². The van der Waals surface area contributed by atoms with Crippen molar-refractivity contribution in [1.82, 2.24) is 9.55 Å². The van der Waals surface area contributed by atoms with Gasteiger partial charge in [-0.05, 0) is 37.0 Å². The fraction of sp³-hybridized carbons (Fsp3) is 0.533. The molecule has 1 aromatic carbocycles. The Bertz CT molecular complexity index is 597. The number of aliphatic hydroxyl groups excluding tert-OH is 1. The van der Waals surface area contributed by atoms with Crippen LogP contribution in [0, 0.1) is 5.92 Å². The highest BCUT2D eigenvalue weighted by molar-refractivity contribution is 5.79. The molecule has 2 aromatic rings. The molecule has 0 amide bonds. The Morgan fingerprint density at radius 1 is 1.42 bits per heavy atom. The fourth-order valence-corrected chi connectivity index (χ4v) is 2.91. The van der Waals surface area contributed by atoms with E-state index in [1.54, 1.807) is 0 Å². The van der Waals surface area contributed by atoms with E-state index in [-0.39, 0.29) is 6.10 Å². The van der Waals surface area contributed by atoms with Crippen LogP contribution in [0.15, 0.2) is 18.2 Å². The number of aliphatic hydroxyl groups is 1. The summed E-state index contributed by atoms with van der Waals surface area (Å²) in [5.41, 5.74) is 8.72. The molecule has 1 aliphatic carbocycles. The van der Waals surface area contributed by atoms with Gasteiger partial charge < -0.3 is 15.4 Å². The minimum atomic E-state index is -0.0991. The first-order chi connectivity index (χ1) is 9.04. The Morgan fingerprint density at radius 2 is 2.16 bits per heavy atom. The van der Waals surface area contributed by atoms with Gasteiger partial charge in [-0.2, -0.15) is 0 Å². The number of aromatic nitrogens is 2.